The lowest BCUT2D eigenvalue weighted by Gasteiger charge is -2.01. The highest BCUT2D eigenvalue weighted by atomic mass is 32.1. The van der Waals surface area contributed by atoms with Gasteiger partial charge in [0.05, 0.1) is 10.7 Å². The van der Waals surface area contributed by atoms with Crippen molar-refractivity contribution in [2.45, 2.75) is 31.6 Å². The number of aromatic nitrogens is 1. The van der Waals surface area contributed by atoms with E-state index >= 15 is 0 Å². The van der Waals surface area contributed by atoms with Gasteiger partial charge >= 0.3 is 5.97 Å². The van der Waals surface area contributed by atoms with Crippen LogP contribution in [0.25, 0.3) is 0 Å². The monoisotopic (exact) mass is 226 g/mol. The number of thiazole rings is 1. The number of hydrogen-bond acceptors (Lipinski definition) is 4. The van der Waals surface area contributed by atoms with Gasteiger partial charge in [0.25, 0.3) is 0 Å². The van der Waals surface area contributed by atoms with Crippen molar-refractivity contribution >= 4 is 17.3 Å². The summed E-state index contributed by atoms with van der Waals surface area (Å²) in [6.07, 6.45) is 2.14. The summed E-state index contributed by atoms with van der Waals surface area (Å²) in [5.74, 6) is -0.323. The van der Waals surface area contributed by atoms with Gasteiger partial charge in [0.1, 0.15) is 4.88 Å². The van der Waals surface area contributed by atoms with Gasteiger partial charge in [-0.25, -0.2) is 9.78 Å². The first-order chi connectivity index (χ1) is 7.13. The van der Waals surface area contributed by atoms with Crippen molar-refractivity contribution in [1.29, 1.82) is 0 Å². The molecule has 5 heteroatoms. The summed E-state index contributed by atoms with van der Waals surface area (Å²) in [6, 6.07) is 0. The second-order valence-electron chi connectivity index (χ2n) is 3.98. The summed E-state index contributed by atoms with van der Waals surface area (Å²) in [5, 5.41) is 9.91. The smallest absolute Gasteiger partial charge is 0.347 e. The molecule has 1 unspecified atom stereocenters. The van der Waals surface area contributed by atoms with Crippen molar-refractivity contribution in [3.05, 3.63) is 15.6 Å². The van der Waals surface area contributed by atoms with Crippen LogP contribution in [0.5, 0.6) is 0 Å². The summed E-state index contributed by atoms with van der Waals surface area (Å²) < 4.78 is 0. The molecule has 1 saturated carbocycles. The molecule has 15 heavy (non-hydrogen) atoms. The van der Waals surface area contributed by atoms with E-state index in [1.807, 2.05) is 6.92 Å². The average molecular weight is 226 g/mol. The zero-order valence-electron chi connectivity index (χ0n) is 8.56. The average Bonchev–Trinajstić information content (AvgIpc) is 2.96. The van der Waals surface area contributed by atoms with Crippen molar-refractivity contribution in [2.75, 3.05) is 6.54 Å². The van der Waals surface area contributed by atoms with E-state index in [1.165, 1.54) is 11.3 Å². The molecule has 1 heterocycles. The molecular weight excluding hydrogens is 212 g/mol. The summed E-state index contributed by atoms with van der Waals surface area (Å²) in [6.45, 7) is 2.48. The molecule has 1 aliphatic carbocycles. The Kier molecular flexibility index (Phi) is 2.75. The van der Waals surface area contributed by atoms with E-state index in [9.17, 15) is 4.79 Å². The fourth-order valence-corrected chi connectivity index (χ4v) is 2.50. The first-order valence-electron chi connectivity index (χ1n) is 5.07. The van der Waals surface area contributed by atoms with Crippen LogP contribution in [0.15, 0.2) is 0 Å². The standard InChI is InChI=1S/C10H14N2O2S/c1-5(4-11)9-12-7(6-2-3-6)8(15-9)10(13)14/h5-6H,2-4,11H2,1H3,(H,13,14). The van der Waals surface area contributed by atoms with Crippen molar-refractivity contribution < 1.29 is 9.90 Å². The maximum atomic E-state index is 11.0. The highest BCUT2D eigenvalue weighted by Crippen LogP contribution is 2.43. The Labute approximate surface area is 92.1 Å². The van der Waals surface area contributed by atoms with E-state index in [1.54, 1.807) is 0 Å². The molecule has 1 aromatic heterocycles. The fraction of sp³-hybridized carbons (Fsp3) is 0.600. The number of hydrogen-bond donors (Lipinski definition) is 2. The van der Waals surface area contributed by atoms with Gasteiger partial charge in [0.15, 0.2) is 0 Å². The zero-order chi connectivity index (χ0) is 11.0. The molecule has 82 valence electrons. The molecule has 0 saturated heterocycles. The van der Waals surface area contributed by atoms with E-state index in [-0.39, 0.29) is 5.92 Å². The van der Waals surface area contributed by atoms with Gasteiger partial charge < -0.3 is 10.8 Å². The van der Waals surface area contributed by atoms with Crippen LogP contribution < -0.4 is 5.73 Å². The lowest BCUT2D eigenvalue weighted by molar-refractivity contribution is 0.0700. The van der Waals surface area contributed by atoms with Crippen LogP contribution in [0, 0.1) is 0 Å². The van der Waals surface area contributed by atoms with Gasteiger partial charge in [-0.15, -0.1) is 11.3 Å². The van der Waals surface area contributed by atoms with Gasteiger partial charge in [0.2, 0.25) is 0 Å². The summed E-state index contributed by atoms with van der Waals surface area (Å²) >= 11 is 1.28. The third-order valence-electron chi connectivity index (χ3n) is 2.60. The third-order valence-corrected chi connectivity index (χ3v) is 3.89. The molecule has 0 aliphatic heterocycles. The van der Waals surface area contributed by atoms with Crippen LogP contribution in [-0.4, -0.2) is 22.6 Å². The highest BCUT2D eigenvalue weighted by molar-refractivity contribution is 7.13. The number of carboxylic acid groups (broad SMARTS) is 1. The molecule has 1 fully saturated rings. The second kappa shape index (κ2) is 3.90. The molecule has 4 nitrogen and oxygen atoms in total. The Morgan fingerprint density at radius 2 is 2.40 bits per heavy atom. The Balaban J connectivity index is 2.35. The van der Waals surface area contributed by atoms with Crippen LogP contribution >= 0.6 is 11.3 Å². The molecule has 1 atom stereocenters. The Hall–Kier alpha value is -0.940. The van der Waals surface area contributed by atoms with Crippen LogP contribution in [-0.2, 0) is 0 Å². The summed E-state index contributed by atoms with van der Waals surface area (Å²) in [7, 11) is 0. The minimum atomic E-state index is -0.857. The van der Waals surface area contributed by atoms with Crippen LogP contribution in [0.2, 0.25) is 0 Å². The van der Waals surface area contributed by atoms with Crippen molar-refractivity contribution in [2.24, 2.45) is 5.73 Å². The van der Waals surface area contributed by atoms with Crippen LogP contribution in [0.1, 0.15) is 52.0 Å². The lowest BCUT2D eigenvalue weighted by atomic mass is 10.2. The summed E-state index contributed by atoms with van der Waals surface area (Å²) in [4.78, 5) is 15.8. The van der Waals surface area contributed by atoms with E-state index in [4.69, 9.17) is 10.8 Å². The summed E-state index contributed by atoms with van der Waals surface area (Å²) in [5.41, 5.74) is 6.33. The molecule has 0 aromatic carbocycles. The third kappa shape index (κ3) is 2.03. The predicted molar refractivity (Wildman–Crippen MR) is 58.5 cm³/mol. The highest BCUT2D eigenvalue weighted by Gasteiger charge is 2.32. The molecule has 0 amide bonds. The number of rotatable bonds is 4. The van der Waals surface area contributed by atoms with Crippen molar-refractivity contribution in [3.63, 3.8) is 0 Å². The van der Waals surface area contributed by atoms with E-state index in [0.717, 1.165) is 23.5 Å². The van der Waals surface area contributed by atoms with Gasteiger partial charge in [-0.2, -0.15) is 0 Å². The number of nitrogens with two attached hydrogens (primary N) is 1. The van der Waals surface area contributed by atoms with Crippen LogP contribution in [0.3, 0.4) is 0 Å². The molecule has 0 spiro atoms. The van der Waals surface area contributed by atoms with Gasteiger partial charge in [0, 0.05) is 18.4 Å². The quantitative estimate of drug-likeness (QED) is 0.820. The molecular formula is C10H14N2O2S. The minimum absolute atomic E-state index is 0.153. The minimum Gasteiger partial charge on any atom is -0.477 e. The van der Waals surface area contributed by atoms with Crippen molar-refractivity contribution in [3.8, 4) is 0 Å². The fourth-order valence-electron chi connectivity index (χ4n) is 1.45. The molecule has 2 rings (SSSR count). The maximum absolute atomic E-state index is 11.0. The van der Waals surface area contributed by atoms with Crippen LogP contribution in [0.4, 0.5) is 0 Å². The normalized spacial score (nSPS) is 17.7. The van der Waals surface area contributed by atoms with E-state index in [0.29, 0.717) is 17.3 Å². The SMILES string of the molecule is CC(CN)c1nc(C2CC2)c(C(=O)O)s1. The largest absolute Gasteiger partial charge is 0.477 e. The first kappa shape index (κ1) is 10.6. The number of nitrogens with zero attached hydrogens (tertiary/aromatic N) is 1. The van der Waals surface area contributed by atoms with Crippen molar-refractivity contribution in [1.82, 2.24) is 4.98 Å². The zero-order valence-corrected chi connectivity index (χ0v) is 9.38. The predicted octanol–water partition coefficient (Wildman–Crippen LogP) is 1.78. The Bertz CT molecular complexity index is 385. The molecule has 3 N–H and O–H groups in total. The molecule has 1 aliphatic rings. The van der Waals surface area contributed by atoms with Gasteiger partial charge in [-0.1, -0.05) is 6.92 Å². The lowest BCUT2D eigenvalue weighted by Crippen LogP contribution is -2.08. The molecule has 0 bridgehead atoms. The van der Waals surface area contributed by atoms with Gasteiger partial charge in [-0.3, -0.25) is 0 Å². The molecule has 0 radical (unpaired) electrons. The second-order valence-corrected chi connectivity index (χ2v) is 5.01. The number of carbonyl (C=O) groups is 1. The number of carboxylic acids is 1. The van der Waals surface area contributed by atoms with Gasteiger partial charge in [-0.05, 0) is 12.8 Å². The maximum Gasteiger partial charge on any atom is 0.347 e. The Morgan fingerprint density at radius 3 is 2.87 bits per heavy atom. The van der Waals surface area contributed by atoms with E-state index in [2.05, 4.69) is 4.98 Å². The van der Waals surface area contributed by atoms with E-state index < -0.39 is 5.97 Å². The first-order valence-corrected chi connectivity index (χ1v) is 5.89. The number of aromatic carboxylic acids is 1. The Morgan fingerprint density at radius 1 is 1.73 bits per heavy atom. The topological polar surface area (TPSA) is 76.2 Å². The molecule has 1 aromatic rings.